The van der Waals surface area contributed by atoms with Crippen LogP contribution in [0.15, 0.2) is 12.1 Å². The molecule has 2 rings (SSSR count). The van der Waals surface area contributed by atoms with Crippen molar-refractivity contribution in [3.05, 3.63) is 23.3 Å². The van der Waals surface area contributed by atoms with E-state index in [1.54, 1.807) is 0 Å². The van der Waals surface area contributed by atoms with Crippen molar-refractivity contribution in [2.24, 2.45) is 0 Å². The normalized spacial score (nSPS) is 21.3. The molecule has 1 N–H and O–H groups in total. The fraction of sp³-hybridized carbons (Fsp3) is 0.385. The third-order valence-electron chi connectivity index (χ3n) is 3.56. The number of fused-ring (bicyclic) bond motifs is 1. The van der Waals surface area contributed by atoms with Crippen molar-refractivity contribution < 1.29 is 45.8 Å². The molecule has 1 aromatic rings. The van der Waals surface area contributed by atoms with Gasteiger partial charge in [0.25, 0.3) is 11.5 Å². The number of carbonyl (C=O) groups excluding carboxylic acids is 1. The van der Waals surface area contributed by atoms with Gasteiger partial charge in [0.15, 0.2) is 0 Å². The van der Waals surface area contributed by atoms with Crippen LogP contribution in [0.25, 0.3) is 0 Å². The van der Waals surface area contributed by atoms with Crippen molar-refractivity contribution >= 4 is 17.6 Å². The molecular formula is C13H9F6NO4. The van der Waals surface area contributed by atoms with Crippen LogP contribution in [0.1, 0.15) is 22.8 Å². The van der Waals surface area contributed by atoms with Gasteiger partial charge in [0.05, 0.1) is 16.8 Å². The SMILES string of the molecule is CN1C(=O)[C@](C)(C(F)(F)F)Oc2cc(C(F)(F)F)c(C(=O)O)cc21. The lowest BCUT2D eigenvalue weighted by Gasteiger charge is -2.40. The summed E-state index contributed by atoms with van der Waals surface area (Å²) in [5.74, 6) is -4.43. The third kappa shape index (κ3) is 2.53. The Balaban J connectivity index is 2.74. The summed E-state index contributed by atoms with van der Waals surface area (Å²) < 4.78 is 82.7. The summed E-state index contributed by atoms with van der Waals surface area (Å²) in [4.78, 5) is 23.4. The molecule has 1 amide bonds. The minimum absolute atomic E-state index is 0.145. The van der Waals surface area contributed by atoms with Crippen LogP contribution in [0.2, 0.25) is 0 Å². The molecule has 5 nitrogen and oxygen atoms in total. The average molecular weight is 357 g/mol. The highest BCUT2D eigenvalue weighted by molar-refractivity contribution is 6.04. The molecule has 0 aliphatic carbocycles. The Bertz CT molecular complexity index is 726. The molecule has 1 aliphatic rings. The summed E-state index contributed by atoms with van der Waals surface area (Å²) >= 11 is 0. The minimum atomic E-state index is -5.19. The van der Waals surface area contributed by atoms with E-state index in [1.807, 2.05) is 0 Å². The molecule has 11 heteroatoms. The van der Waals surface area contributed by atoms with Gasteiger partial charge < -0.3 is 14.7 Å². The van der Waals surface area contributed by atoms with Crippen LogP contribution in [0.4, 0.5) is 32.0 Å². The van der Waals surface area contributed by atoms with Gasteiger partial charge in [-0.3, -0.25) is 4.79 Å². The first-order valence-corrected chi connectivity index (χ1v) is 6.22. The maximum absolute atomic E-state index is 13.1. The van der Waals surface area contributed by atoms with Gasteiger partial charge in [0, 0.05) is 7.05 Å². The van der Waals surface area contributed by atoms with E-state index in [4.69, 9.17) is 5.11 Å². The second kappa shape index (κ2) is 5.02. The van der Waals surface area contributed by atoms with Gasteiger partial charge in [-0.15, -0.1) is 0 Å². The van der Waals surface area contributed by atoms with Gasteiger partial charge in [0.2, 0.25) is 0 Å². The Hall–Kier alpha value is -2.46. The minimum Gasteiger partial charge on any atom is -0.478 e. The van der Waals surface area contributed by atoms with E-state index in [9.17, 15) is 35.9 Å². The maximum Gasteiger partial charge on any atom is 0.437 e. The number of amides is 1. The van der Waals surface area contributed by atoms with Crippen LogP contribution in [0.3, 0.4) is 0 Å². The lowest BCUT2D eigenvalue weighted by molar-refractivity contribution is -0.236. The van der Waals surface area contributed by atoms with Crippen molar-refractivity contribution in [2.75, 3.05) is 11.9 Å². The van der Waals surface area contributed by atoms with Gasteiger partial charge >= 0.3 is 18.3 Å². The zero-order valence-electron chi connectivity index (χ0n) is 12.0. The standard InChI is InChI=1S/C13H9F6NO4/c1-11(13(17,18)19)10(23)20(2)7-3-5(9(21)22)6(12(14,15)16)4-8(7)24-11/h3-4H,1-2H3,(H,21,22)/t11-/m1/s1. The highest BCUT2D eigenvalue weighted by atomic mass is 19.4. The molecule has 0 bridgehead atoms. The van der Waals surface area contributed by atoms with Crippen LogP contribution in [0.5, 0.6) is 5.75 Å². The highest BCUT2D eigenvalue weighted by Crippen LogP contribution is 2.47. The quantitative estimate of drug-likeness (QED) is 0.785. The lowest BCUT2D eigenvalue weighted by atomic mass is 9.98. The molecule has 0 fully saturated rings. The van der Waals surface area contributed by atoms with E-state index in [0.717, 1.165) is 7.05 Å². The van der Waals surface area contributed by atoms with Crippen molar-refractivity contribution in [3.63, 3.8) is 0 Å². The Labute approximate surface area is 130 Å². The number of aromatic carboxylic acids is 1. The van der Waals surface area contributed by atoms with Crippen LogP contribution in [-0.4, -0.2) is 35.8 Å². The van der Waals surface area contributed by atoms with Gasteiger partial charge in [-0.05, 0) is 19.1 Å². The zero-order valence-corrected chi connectivity index (χ0v) is 12.0. The lowest BCUT2D eigenvalue weighted by Crippen LogP contribution is -2.61. The van der Waals surface area contributed by atoms with E-state index in [2.05, 4.69) is 4.74 Å². The fourth-order valence-corrected chi connectivity index (χ4v) is 2.20. The van der Waals surface area contributed by atoms with Crippen LogP contribution >= 0.6 is 0 Å². The monoisotopic (exact) mass is 357 g/mol. The fourth-order valence-electron chi connectivity index (χ4n) is 2.20. The molecule has 1 atom stereocenters. The van der Waals surface area contributed by atoms with Crippen molar-refractivity contribution in [1.29, 1.82) is 0 Å². The Morgan fingerprint density at radius 1 is 1.21 bits per heavy atom. The molecule has 1 heterocycles. The topological polar surface area (TPSA) is 66.8 Å². The zero-order chi connectivity index (χ0) is 18.7. The van der Waals surface area contributed by atoms with Crippen LogP contribution in [-0.2, 0) is 11.0 Å². The summed E-state index contributed by atoms with van der Waals surface area (Å²) in [5, 5.41) is 8.89. The number of hydrogen-bond donors (Lipinski definition) is 1. The molecule has 0 saturated heterocycles. The number of anilines is 1. The Kier molecular flexibility index (Phi) is 3.74. The first-order chi connectivity index (χ1) is 10.7. The molecule has 0 aromatic heterocycles. The molecule has 0 radical (unpaired) electrons. The molecule has 1 aliphatic heterocycles. The van der Waals surface area contributed by atoms with E-state index < -0.39 is 52.4 Å². The number of carbonyl (C=O) groups is 2. The van der Waals surface area contributed by atoms with Crippen molar-refractivity contribution in [2.45, 2.75) is 24.9 Å². The smallest absolute Gasteiger partial charge is 0.437 e. The summed E-state index contributed by atoms with van der Waals surface area (Å²) in [6, 6.07) is 0.597. The Morgan fingerprint density at radius 3 is 2.17 bits per heavy atom. The number of alkyl halides is 6. The predicted octanol–water partition coefficient (Wildman–Crippen LogP) is 3.08. The van der Waals surface area contributed by atoms with Crippen molar-refractivity contribution in [1.82, 2.24) is 0 Å². The maximum atomic E-state index is 13.1. The predicted molar refractivity (Wildman–Crippen MR) is 66.9 cm³/mol. The van der Waals surface area contributed by atoms with Crippen LogP contribution in [0, 0.1) is 0 Å². The molecule has 0 spiro atoms. The number of carboxylic acid groups (broad SMARTS) is 1. The second-order valence-electron chi connectivity index (χ2n) is 5.17. The Morgan fingerprint density at radius 2 is 1.75 bits per heavy atom. The molecular weight excluding hydrogens is 348 g/mol. The van der Waals surface area contributed by atoms with Gasteiger partial charge in [0.1, 0.15) is 5.75 Å². The van der Waals surface area contributed by atoms with Crippen LogP contribution < -0.4 is 9.64 Å². The number of benzene rings is 1. The average Bonchev–Trinajstić information content (AvgIpc) is 2.41. The number of hydrogen-bond acceptors (Lipinski definition) is 3. The van der Waals surface area contributed by atoms with Crippen molar-refractivity contribution in [3.8, 4) is 5.75 Å². The summed E-state index contributed by atoms with van der Waals surface area (Å²) in [6.07, 6.45) is -10.3. The molecule has 132 valence electrons. The number of likely N-dealkylation sites (N-methyl/N-ethyl adjacent to an activating group) is 1. The summed E-state index contributed by atoms with van der Waals surface area (Å²) in [5.41, 5.74) is -6.78. The largest absolute Gasteiger partial charge is 0.478 e. The first-order valence-electron chi connectivity index (χ1n) is 6.22. The summed E-state index contributed by atoms with van der Waals surface area (Å²) in [6.45, 7) is 0.382. The highest BCUT2D eigenvalue weighted by Gasteiger charge is 2.63. The van der Waals surface area contributed by atoms with E-state index in [0.29, 0.717) is 17.9 Å². The number of halogens is 6. The van der Waals surface area contributed by atoms with E-state index >= 15 is 0 Å². The number of ether oxygens (including phenoxy) is 1. The second-order valence-corrected chi connectivity index (χ2v) is 5.17. The number of nitrogens with zero attached hydrogens (tertiary/aromatic N) is 1. The molecule has 0 unspecified atom stereocenters. The molecule has 24 heavy (non-hydrogen) atoms. The van der Waals surface area contributed by atoms with Gasteiger partial charge in [-0.1, -0.05) is 0 Å². The number of carboxylic acids is 1. The van der Waals surface area contributed by atoms with E-state index in [-0.39, 0.29) is 6.07 Å². The molecule has 1 aromatic carbocycles. The van der Waals surface area contributed by atoms with E-state index in [1.165, 1.54) is 0 Å². The van der Waals surface area contributed by atoms with Gasteiger partial charge in [-0.2, -0.15) is 26.3 Å². The summed E-state index contributed by atoms with van der Waals surface area (Å²) in [7, 11) is 0.882. The first kappa shape index (κ1) is 17.9. The number of rotatable bonds is 1. The third-order valence-corrected chi connectivity index (χ3v) is 3.56. The molecule has 0 saturated carbocycles. The van der Waals surface area contributed by atoms with Gasteiger partial charge in [-0.25, -0.2) is 4.79 Å².